The van der Waals surface area contributed by atoms with E-state index in [1.54, 1.807) is 0 Å². The first-order valence-electron chi connectivity index (χ1n) is 4.44. The van der Waals surface area contributed by atoms with Gasteiger partial charge in [0, 0.05) is 0 Å². The highest BCUT2D eigenvalue weighted by molar-refractivity contribution is 5.63. The Hall–Kier alpha value is -2.09. The third-order valence-corrected chi connectivity index (χ3v) is 2.02. The lowest BCUT2D eigenvalue weighted by atomic mass is 10.1. The molecule has 8 heteroatoms. The van der Waals surface area contributed by atoms with Crippen LogP contribution < -0.4 is 5.73 Å². The SMILES string of the molecule is NCc1nc(-c2cc(F)c(F)c(F)c2O)no1. The molecular formula is C9H6F3N3O2. The van der Waals surface area contributed by atoms with Crippen molar-refractivity contribution in [3.8, 4) is 17.1 Å². The van der Waals surface area contributed by atoms with Crippen molar-refractivity contribution in [2.75, 3.05) is 0 Å². The van der Waals surface area contributed by atoms with Crippen molar-refractivity contribution < 1.29 is 22.8 Å². The van der Waals surface area contributed by atoms with Crippen LogP contribution in [0.4, 0.5) is 13.2 Å². The number of aromatic hydroxyl groups is 1. The van der Waals surface area contributed by atoms with E-state index in [0.717, 1.165) is 0 Å². The molecule has 0 atom stereocenters. The molecule has 1 aromatic carbocycles. The maximum absolute atomic E-state index is 13.1. The second-order valence-electron chi connectivity index (χ2n) is 3.10. The van der Waals surface area contributed by atoms with Gasteiger partial charge in [-0.3, -0.25) is 0 Å². The summed E-state index contributed by atoms with van der Waals surface area (Å²) in [4.78, 5) is 3.65. The molecule has 1 heterocycles. The zero-order valence-electron chi connectivity index (χ0n) is 8.25. The lowest BCUT2D eigenvalue weighted by molar-refractivity contribution is 0.377. The van der Waals surface area contributed by atoms with Crippen LogP contribution in [0.15, 0.2) is 10.6 Å². The number of phenols is 1. The number of nitrogens with two attached hydrogens (primary N) is 1. The normalized spacial score (nSPS) is 10.8. The number of rotatable bonds is 2. The van der Waals surface area contributed by atoms with Crippen LogP contribution in [-0.2, 0) is 6.54 Å². The van der Waals surface area contributed by atoms with Gasteiger partial charge >= 0.3 is 0 Å². The van der Waals surface area contributed by atoms with Crippen molar-refractivity contribution in [1.29, 1.82) is 0 Å². The van der Waals surface area contributed by atoms with Crippen molar-refractivity contribution in [3.63, 3.8) is 0 Å². The number of phenolic OH excluding ortho intramolecular Hbond substituents is 1. The monoisotopic (exact) mass is 245 g/mol. The molecule has 0 fully saturated rings. The average Bonchev–Trinajstić information content (AvgIpc) is 2.79. The molecule has 0 amide bonds. The van der Waals surface area contributed by atoms with Gasteiger partial charge in [-0.05, 0) is 6.07 Å². The second-order valence-corrected chi connectivity index (χ2v) is 3.10. The predicted octanol–water partition coefficient (Wildman–Crippen LogP) is 1.32. The van der Waals surface area contributed by atoms with Gasteiger partial charge in [-0.1, -0.05) is 5.16 Å². The number of hydrogen-bond donors (Lipinski definition) is 2. The molecule has 2 rings (SSSR count). The Morgan fingerprint density at radius 3 is 2.59 bits per heavy atom. The van der Waals surface area contributed by atoms with Crippen molar-refractivity contribution >= 4 is 0 Å². The maximum Gasteiger partial charge on any atom is 0.240 e. The minimum atomic E-state index is -1.77. The van der Waals surface area contributed by atoms with E-state index in [4.69, 9.17) is 5.73 Å². The second kappa shape index (κ2) is 4.06. The van der Waals surface area contributed by atoms with E-state index in [1.807, 2.05) is 0 Å². The molecule has 0 aliphatic heterocycles. The van der Waals surface area contributed by atoms with E-state index >= 15 is 0 Å². The van der Waals surface area contributed by atoms with Gasteiger partial charge < -0.3 is 15.4 Å². The molecule has 1 aromatic heterocycles. The van der Waals surface area contributed by atoms with Crippen LogP contribution in [0.1, 0.15) is 5.89 Å². The summed E-state index contributed by atoms with van der Waals surface area (Å²) >= 11 is 0. The fraction of sp³-hybridized carbons (Fsp3) is 0.111. The topological polar surface area (TPSA) is 85.2 Å². The third-order valence-electron chi connectivity index (χ3n) is 2.02. The van der Waals surface area contributed by atoms with Gasteiger partial charge in [-0.2, -0.15) is 9.37 Å². The Balaban J connectivity index is 2.59. The van der Waals surface area contributed by atoms with E-state index in [-0.39, 0.29) is 18.3 Å². The first-order chi connectivity index (χ1) is 8.04. The highest BCUT2D eigenvalue weighted by Gasteiger charge is 2.22. The molecule has 0 spiro atoms. The number of benzene rings is 1. The summed E-state index contributed by atoms with van der Waals surface area (Å²) < 4.78 is 43.4. The van der Waals surface area contributed by atoms with E-state index in [1.165, 1.54) is 0 Å². The number of halogens is 3. The van der Waals surface area contributed by atoms with Crippen molar-refractivity contribution in [2.45, 2.75) is 6.54 Å². The van der Waals surface area contributed by atoms with Crippen molar-refractivity contribution in [2.24, 2.45) is 5.73 Å². The standard InChI is InChI=1S/C9H6F3N3O2/c10-4-1-3(8(16)7(12)6(4)11)9-14-5(2-13)17-15-9/h1,16H,2,13H2. The Labute approximate surface area is 92.7 Å². The van der Waals surface area contributed by atoms with Crippen molar-refractivity contribution in [1.82, 2.24) is 10.1 Å². The molecule has 0 aliphatic rings. The maximum atomic E-state index is 13.1. The quantitative estimate of drug-likeness (QED) is 0.779. The summed E-state index contributed by atoms with van der Waals surface area (Å²) in [6.45, 7) is -0.0695. The Bertz CT molecular complexity index is 571. The Kier molecular flexibility index (Phi) is 2.72. The van der Waals surface area contributed by atoms with Crippen LogP contribution in [0.5, 0.6) is 5.75 Å². The minimum absolute atomic E-state index is 0.0181. The largest absolute Gasteiger partial charge is 0.504 e. The molecule has 0 unspecified atom stereocenters. The van der Waals surface area contributed by atoms with Crippen LogP contribution in [0.25, 0.3) is 11.4 Å². The molecule has 2 aromatic rings. The van der Waals surface area contributed by atoms with Gasteiger partial charge in [-0.15, -0.1) is 0 Å². The van der Waals surface area contributed by atoms with E-state index in [9.17, 15) is 18.3 Å². The summed E-state index contributed by atoms with van der Waals surface area (Å²) in [6.07, 6.45) is 0. The van der Waals surface area contributed by atoms with E-state index < -0.39 is 28.8 Å². The van der Waals surface area contributed by atoms with Crippen molar-refractivity contribution in [3.05, 3.63) is 29.4 Å². The number of hydrogen-bond acceptors (Lipinski definition) is 5. The van der Waals surface area contributed by atoms with Crippen LogP contribution in [0, 0.1) is 17.5 Å². The van der Waals surface area contributed by atoms with Gasteiger partial charge in [0.05, 0.1) is 12.1 Å². The summed E-state index contributed by atoms with van der Waals surface area (Å²) in [5, 5.41) is 12.7. The average molecular weight is 245 g/mol. The molecule has 3 N–H and O–H groups in total. The Morgan fingerprint density at radius 2 is 2.00 bits per heavy atom. The van der Waals surface area contributed by atoms with Crippen LogP contribution in [0.2, 0.25) is 0 Å². The van der Waals surface area contributed by atoms with Crippen LogP contribution >= 0.6 is 0 Å². The zero-order chi connectivity index (χ0) is 12.6. The lowest BCUT2D eigenvalue weighted by Gasteiger charge is -2.02. The molecule has 0 aliphatic carbocycles. The first kappa shape index (κ1) is 11.4. The molecule has 17 heavy (non-hydrogen) atoms. The fourth-order valence-electron chi connectivity index (χ4n) is 1.20. The summed E-state index contributed by atoms with van der Waals surface area (Å²) in [5.74, 6) is -6.29. The smallest absolute Gasteiger partial charge is 0.240 e. The van der Waals surface area contributed by atoms with Gasteiger partial charge in [0.15, 0.2) is 17.4 Å². The third kappa shape index (κ3) is 1.82. The highest BCUT2D eigenvalue weighted by Crippen LogP contribution is 2.32. The Morgan fingerprint density at radius 1 is 1.29 bits per heavy atom. The van der Waals surface area contributed by atoms with Gasteiger partial charge in [0.1, 0.15) is 0 Å². The van der Waals surface area contributed by atoms with E-state index in [2.05, 4.69) is 14.7 Å². The fourth-order valence-corrected chi connectivity index (χ4v) is 1.20. The molecule has 0 saturated carbocycles. The first-order valence-corrected chi connectivity index (χ1v) is 4.44. The number of nitrogens with zero attached hydrogens (tertiary/aromatic N) is 2. The zero-order valence-corrected chi connectivity index (χ0v) is 8.25. The lowest BCUT2D eigenvalue weighted by Crippen LogP contribution is -1.97. The van der Waals surface area contributed by atoms with Crippen LogP contribution in [0.3, 0.4) is 0 Å². The molecule has 0 radical (unpaired) electrons. The predicted molar refractivity (Wildman–Crippen MR) is 49.2 cm³/mol. The van der Waals surface area contributed by atoms with E-state index in [0.29, 0.717) is 6.07 Å². The summed E-state index contributed by atoms with van der Waals surface area (Å²) in [7, 11) is 0. The molecule has 0 bridgehead atoms. The molecule has 5 nitrogen and oxygen atoms in total. The van der Waals surface area contributed by atoms with Gasteiger partial charge in [0.2, 0.25) is 17.5 Å². The molecule has 0 saturated heterocycles. The minimum Gasteiger partial charge on any atom is -0.504 e. The summed E-state index contributed by atoms with van der Waals surface area (Å²) in [6, 6.07) is 0.568. The molecule has 90 valence electrons. The number of aromatic nitrogens is 2. The summed E-state index contributed by atoms with van der Waals surface area (Å²) in [5.41, 5.74) is 4.78. The van der Waals surface area contributed by atoms with Gasteiger partial charge in [-0.25, -0.2) is 8.78 Å². The van der Waals surface area contributed by atoms with Crippen LogP contribution in [-0.4, -0.2) is 15.2 Å². The molecular weight excluding hydrogens is 239 g/mol. The van der Waals surface area contributed by atoms with Gasteiger partial charge in [0.25, 0.3) is 0 Å². The highest BCUT2D eigenvalue weighted by atomic mass is 19.2.